The van der Waals surface area contributed by atoms with Crippen LogP contribution in [0.4, 0.5) is 0 Å². The molecule has 1 aromatic carbocycles. The van der Waals surface area contributed by atoms with Gasteiger partial charge >= 0.3 is 0 Å². The van der Waals surface area contributed by atoms with Gasteiger partial charge in [0.1, 0.15) is 11.9 Å². The maximum absolute atomic E-state index is 12.9. The molecule has 182 valence electrons. The summed E-state index contributed by atoms with van der Waals surface area (Å²) in [6, 6.07) is 10.7. The van der Waals surface area contributed by atoms with E-state index in [1.54, 1.807) is 11.4 Å². The van der Waals surface area contributed by atoms with Gasteiger partial charge in [0.2, 0.25) is 17.7 Å². The van der Waals surface area contributed by atoms with Crippen molar-refractivity contribution in [1.29, 1.82) is 5.41 Å². The van der Waals surface area contributed by atoms with E-state index in [1.807, 2.05) is 18.2 Å². The van der Waals surface area contributed by atoms with Crippen LogP contribution in [0.25, 0.3) is 0 Å². The number of imide groups is 1. The lowest BCUT2D eigenvalue weighted by Gasteiger charge is -2.19. The summed E-state index contributed by atoms with van der Waals surface area (Å²) in [4.78, 5) is 38.7. The van der Waals surface area contributed by atoms with Crippen molar-refractivity contribution in [3.8, 4) is 0 Å². The van der Waals surface area contributed by atoms with Crippen molar-refractivity contribution >= 4 is 34.9 Å². The quantitative estimate of drug-likeness (QED) is 0.179. The number of benzene rings is 1. The predicted molar refractivity (Wildman–Crippen MR) is 134 cm³/mol. The Bertz CT molecular complexity index is 985. The minimum absolute atomic E-state index is 0.0504. The van der Waals surface area contributed by atoms with Crippen molar-refractivity contribution in [2.75, 3.05) is 6.54 Å². The Hall–Kier alpha value is -3.04. The van der Waals surface area contributed by atoms with E-state index >= 15 is 0 Å². The SMILES string of the molecule is N=C(N)c1csc(C[C@H](NC(=O)CCCCCc2ccccc2)C(=O)NC(=O)[C@@H]2CCCN2)c1. The normalized spacial score (nSPS) is 16.1. The van der Waals surface area contributed by atoms with Crippen LogP contribution < -0.4 is 21.7 Å². The molecular weight excluding hydrogens is 450 g/mol. The van der Waals surface area contributed by atoms with Crippen LogP contribution in [0, 0.1) is 5.41 Å². The number of rotatable bonds is 12. The van der Waals surface area contributed by atoms with Crippen molar-refractivity contribution in [2.45, 2.75) is 63.5 Å². The average Bonchev–Trinajstić information content (AvgIpc) is 3.52. The summed E-state index contributed by atoms with van der Waals surface area (Å²) in [7, 11) is 0. The molecule has 0 unspecified atom stereocenters. The van der Waals surface area contributed by atoms with Crippen LogP contribution in [0.1, 0.15) is 54.5 Å². The molecule has 0 saturated carbocycles. The number of amidine groups is 1. The first-order valence-corrected chi connectivity index (χ1v) is 12.6. The summed E-state index contributed by atoms with van der Waals surface area (Å²) in [6.07, 6.45) is 5.73. The van der Waals surface area contributed by atoms with Gasteiger partial charge in [-0.3, -0.25) is 25.1 Å². The van der Waals surface area contributed by atoms with Crippen molar-refractivity contribution in [3.05, 3.63) is 57.8 Å². The summed E-state index contributed by atoms with van der Waals surface area (Å²) >= 11 is 1.37. The van der Waals surface area contributed by atoms with Crippen LogP contribution in [-0.2, 0) is 27.2 Å². The maximum atomic E-state index is 12.9. The highest BCUT2D eigenvalue weighted by atomic mass is 32.1. The molecule has 0 aliphatic carbocycles. The summed E-state index contributed by atoms with van der Waals surface area (Å²) < 4.78 is 0. The van der Waals surface area contributed by atoms with Gasteiger partial charge in [0.15, 0.2) is 0 Å². The molecule has 3 amide bonds. The van der Waals surface area contributed by atoms with Crippen molar-refractivity contribution in [2.24, 2.45) is 5.73 Å². The van der Waals surface area contributed by atoms with Crippen LogP contribution in [-0.4, -0.2) is 42.2 Å². The van der Waals surface area contributed by atoms with Crippen LogP contribution in [0.15, 0.2) is 41.8 Å². The topological polar surface area (TPSA) is 137 Å². The van der Waals surface area contributed by atoms with Gasteiger partial charge in [-0.25, -0.2) is 0 Å². The second-order valence-electron chi connectivity index (χ2n) is 8.59. The highest BCUT2D eigenvalue weighted by Crippen LogP contribution is 2.17. The average molecular weight is 484 g/mol. The molecule has 6 N–H and O–H groups in total. The molecule has 1 aromatic heterocycles. The molecule has 1 aliphatic heterocycles. The van der Waals surface area contributed by atoms with Crippen molar-refractivity contribution < 1.29 is 14.4 Å². The van der Waals surface area contributed by atoms with Crippen molar-refractivity contribution in [3.63, 3.8) is 0 Å². The van der Waals surface area contributed by atoms with E-state index < -0.39 is 11.9 Å². The molecule has 0 bridgehead atoms. The van der Waals surface area contributed by atoms with Gasteiger partial charge < -0.3 is 16.4 Å². The molecule has 0 radical (unpaired) electrons. The lowest BCUT2D eigenvalue weighted by atomic mass is 10.1. The Morgan fingerprint density at radius 1 is 1.18 bits per heavy atom. The van der Waals surface area contributed by atoms with Crippen LogP contribution in [0.5, 0.6) is 0 Å². The van der Waals surface area contributed by atoms with Crippen LogP contribution in [0.2, 0.25) is 0 Å². The van der Waals surface area contributed by atoms with E-state index in [0.29, 0.717) is 18.4 Å². The minimum Gasteiger partial charge on any atom is -0.384 e. The fourth-order valence-electron chi connectivity index (χ4n) is 3.95. The highest BCUT2D eigenvalue weighted by molar-refractivity contribution is 7.10. The third-order valence-electron chi connectivity index (χ3n) is 5.86. The molecule has 3 rings (SSSR count). The van der Waals surface area contributed by atoms with E-state index in [4.69, 9.17) is 11.1 Å². The largest absolute Gasteiger partial charge is 0.384 e. The molecule has 2 atom stereocenters. The molecule has 34 heavy (non-hydrogen) atoms. The number of aryl methyl sites for hydroxylation is 1. The number of hydrogen-bond acceptors (Lipinski definition) is 6. The number of nitrogens with two attached hydrogens (primary N) is 1. The maximum Gasteiger partial charge on any atom is 0.249 e. The molecule has 0 spiro atoms. The summed E-state index contributed by atoms with van der Waals surface area (Å²) in [5.41, 5.74) is 7.40. The van der Waals surface area contributed by atoms with Gasteiger partial charge in [-0.2, -0.15) is 0 Å². The Morgan fingerprint density at radius 3 is 2.65 bits per heavy atom. The van der Waals surface area contributed by atoms with Gasteiger partial charge in [0.05, 0.1) is 6.04 Å². The molecule has 9 heteroatoms. The first kappa shape index (κ1) is 25.6. The number of unbranched alkanes of at least 4 members (excludes halogenated alkanes) is 2. The Morgan fingerprint density at radius 2 is 1.97 bits per heavy atom. The smallest absolute Gasteiger partial charge is 0.249 e. The van der Waals surface area contributed by atoms with Crippen LogP contribution in [0.3, 0.4) is 0 Å². The third kappa shape index (κ3) is 8.07. The standard InChI is InChI=1S/C25H33N5O3S/c26-23(27)18-14-19(34-16-18)15-21(25(33)30-24(32)20-11-7-13-28-20)29-22(31)12-6-2-5-10-17-8-3-1-4-9-17/h1,3-4,8-9,14,16,20-21,28H,2,5-7,10-13,15H2,(H3,26,27)(H,29,31)(H,30,32,33)/t20-,21-/m0/s1. The number of amides is 3. The van der Waals surface area contributed by atoms with E-state index in [0.717, 1.165) is 43.5 Å². The zero-order valence-corrected chi connectivity index (χ0v) is 20.1. The van der Waals surface area contributed by atoms with Crippen molar-refractivity contribution in [1.82, 2.24) is 16.0 Å². The molecule has 8 nitrogen and oxygen atoms in total. The van der Waals surface area contributed by atoms with E-state index in [9.17, 15) is 14.4 Å². The fourth-order valence-corrected chi connectivity index (χ4v) is 4.88. The predicted octanol–water partition coefficient (Wildman–Crippen LogP) is 2.26. The van der Waals surface area contributed by atoms with Gasteiger partial charge in [0.25, 0.3) is 0 Å². The van der Waals surface area contributed by atoms with Crippen LogP contribution >= 0.6 is 11.3 Å². The monoisotopic (exact) mass is 483 g/mol. The second-order valence-corrected chi connectivity index (χ2v) is 9.58. The zero-order chi connectivity index (χ0) is 24.3. The molecular formula is C25H33N5O3S. The van der Waals surface area contributed by atoms with Gasteiger partial charge in [-0.15, -0.1) is 11.3 Å². The summed E-state index contributed by atoms with van der Waals surface area (Å²) in [5.74, 6) is -1.15. The molecule has 2 aromatic rings. The van der Waals surface area contributed by atoms with Gasteiger partial charge in [0, 0.05) is 28.7 Å². The number of carbonyl (C=O) groups excluding carboxylic acids is 3. The first-order chi connectivity index (χ1) is 16.4. The Balaban J connectivity index is 1.52. The second kappa shape index (κ2) is 13.0. The van der Waals surface area contributed by atoms with Gasteiger partial charge in [-0.05, 0) is 50.3 Å². The third-order valence-corrected chi connectivity index (χ3v) is 6.82. The Kier molecular flexibility index (Phi) is 9.78. The van der Waals surface area contributed by atoms with E-state index in [2.05, 4.69) is 28.1 Å². The molecule has 2 heterocycles. The minimum atomic E-state index is -0.874. The molecule has 1 saturated heterocycles. The summed E-state index contributed by atoms with van der Waals surface area (Å²) in [5, 5.41) is 17.6. The number of hydrogen-bond donors (Lipinski definition) is 5. The zero-order valence-electron chi connectivity index (χ0n) is 19.3. The van der Waals surface area contributed by atoms with Gasteiger partial charge in [-0.1, -0.05) is 36.8 Å². The lowest BCUT2D eigenvalue weighted by molar-refractivity contribution is -0.134. The van der Waals surface area contributed by atoms with E-state index in [1.165, 1.54) is 16.9 Å². The number of carbonyl (C=O) groups is 3. The summed E-state index contributed by atoms with van der Waals surface area (Å²) in [6.45, 7) is 0.750. The fraction of sp³-hybridized carbons (Fsp3) is 0.440. The molecule has 1 aliphatic rings. The number of thiophene rings is 1. The Labute approximate surface area is 204 Å². The van der Waals surface area contributed by atoms with E-state index in [-0.39, 0.29) is 30.1 Å². The highest BCUT2D eigenvalue weighted by Gasteiger charge is 2.28. The molecule has 1 fully saturated rings. The number of nitrogen functional groups attached to an aromatic ring is 1. The first-order valence-electron chi connectivity index (χ1n) is 11.8. The lowest BCUT2D eigenvalue weighted by Crippen LogP contribution is -2.52. The number of nitrogens with one attached hydrogen (secondary N) is 4.